The van der Waals surface area contributed by atoms with Crippen LogP contribution in [0.4, 0.5) is 16.5 Å². The van der Waals surface area contributed by atoms with Crippen molar-refractivity contribution in [1.29, 1.82) is 0 Å². The summed E-state index contributed by atoms with van der Waals surface area (Å²) in [7, 11) is 1.62. The van der Waals surface area contributed by atoms with Crippen LogP contribution in [0, 0.1) is 0 Å². The second kappa shape index (κ2) is 8.68. The summed E-state index contributed by atoms with van der Waals surface area (Å²) < 4.78 is 6.03. The zero-order valence-corrected chi connectivity index (χ0v) is 15.9. The molecule has 0 saturated heterocycles. The lowest BCUT2D eigenvalue weighted by Gasteiger charge is -2.10. The van der Waals surface area contributed by atoms with Gasteiger partial charge >= 0.3 is 0 Å². The van der Waals surface area contributed by atoms with Gasteiger partial charge in [0.15, 0.2) is 4.34 Å². The predicted molar refractivity (Wildman–Crippen MR) is 107 cm³/mol. The monoisotopic (exact) mass is 386 g/mol. The van der Waals surface area contributed by atoms with Gasteiger partial charge in [-0.05, 0) is 31.2 Å². The van der Waals surface area contributed by atoms with Crippen molar-refractivity contribution in [2.24, 2.45) is 0 Å². The van der Waals surface area contributed by atoms with Crippen LogP contribution in [-0.2, 0) is 4.79 Å². The minimum atomic E-state index is -0.290. The maximum Gasteiger partial charge on any atom is 0.237 e. The number of carbonyl (C=O) groups excluding carboxylic acids is 1. The molecule has 1 atom stereocenters. The Kier molecular flexibility index (Phi) is 6.08. The van der Waals surface area contributed by atoms with Crippen LogP contribution in [0.1, 0.15) is 6.92 Å². The van der Waals surface area contributed by atoms with E-state index in [-0.39, 0.29) is 11.2 Å². The predicted octanol–water partition coefficient (Wildman–Crippen LogP) is 4.41. The zero-order chi connectivity index (χ0) is 18.4. The number of aromatic nitrogens is 2. The molecule has 0 bridgehead atoms. The summed E-state index contributed by atoms with van der Waals surface area (Å²) in [4.78, 5) is 12.3. The highest BCUT2D eigenvalue weighted by Crippen LogP contribution is 2.33. The molecule has 1 amide bonds. The quantitative estimate of drug-likeness (QED) is 0.586. The third-order valence-corrected chi connectivity index (χ3v) is 5.47. The molecular formula is C18H18N4O2S2. The van der Waals surface area contributed by atoms with Crippen LogP contribution < -0.4 is 15.4 Å². The number of para-hydroxylation sites is 3. The van der Waals surface area contributed by atoms with Crippen LogP contribution in [0.2, 0.25) is 0 Å². The first-order valence-electron chi connectivity index (χ1n) is 7.92. The highest BCUT2D eigenvalue weighted by atomic mass is 32.2. The molecule has 8 heteroatoms. The fourth-order valence-corrected chi connectivity index (χ4v) is 4.05. The fourth-order valence-electron chi connectivity index (χ4n) is 2.14. The Labute approximate surface area is 160 Å². The summed E-state index contributed by atoms with van der Waals surface area (Å²) in [6.45, 7) is 1.84. The standard InChI is InChI=1S/C18H18N4O2S2/c1-12(16(23)19-13-8-4-3-5-9-13)25-18-22-21-17(26-18)20-14-10-6-7-11-15(14)24-2/h3-12H,1-2H3,(H,19,23)(H,20,21)/t12-/m1/s1. The highest BCUT2D eigenvalue weighted by molar-refractivity contribution is 8.02. The van der Waals surface area contributed by atoms with Gasteiger partial charge in [-0.25, -0.2) is 0 Å². The number of thioether (sulfide) groups is 1. The summed E-state index contributed by atoms with van der Waals surface area (Å²) in [5, 5.41) is 14.7. The minimum absolute atomic E-state index is 0.0735. The van der Waals surface area contributed by atoms with E-state index >= 15 is 0 Å². The number of amides is 1. The van der Waals surface area contributed by atoms with Crippen LogP contribution in [0.25, 0.3) is 0 Å². The normalized spacial score (nSPS) is 11.6. The van der Waals surface area contributed by atoms with Gasteiger partial charge in [0, 0.05) is 5.69 Å². The van der Waals surface area contributed by atoms with Crippen LogP contribution in [0.5, 0.6) is 5.75 Å². The van der Waals surface area contributed by atoms with E-state index in [1.54, 1.807) is 7.11 Å². The number of nitrogens with zero attached hydrogens (tertiary/aromatic N) is 2. The van der Waals surface area contributed by atoms with Crippen LogP contribution in [0.15, 0.2) is 58.9 Å². The zero-order valence-electron chi connectivity index (χ0n) is 14.3. The maximum atomic E-state index is 12.3. The van der Waals surface area contributed by atoms with Crippen molar-refractivity contribution in [3.63, 3.8) is 0 Å². The first-order valence-corrected chi connectivity index (χ1v) is 9.61. The van der Waals surface area contributed by atoms with E-state index in [1.165, 1.54) is 23.1 Å². The number of hydrogen-bond acceptors (Lipinski definition) is 7. The van der Waals surface area contributed by atoms with Gasteiger partial charge in [0.25, 0.3) is 0 Å². The molecule has 0 aliphatic heterocycles. The number of methoxy groups -OCH3 is 1. The molecule has 6 nitrogen and oxygen atoms in total. The average Bonchev–Trinajstić information content (AvgIpc) is 3.09. The van der Waals surface area contributed by atoms with Gasteiger partial charge in [0.05, 0.1) is 18.0 Å². The first kappa shape index (κ1) is 18.2. The topological polar surface area (TPSA) is 76.1 Å². The van der Waals surface area contributed by atoms with Crippen molar-refractivity contribution >= 4 is 45.5 Å². The molecule has 0 fully saturated rings. The molecule has 0 aliphatic rings. The molecule has 3 aromatic rings. The third-order valence-electron chi connectivity index (χ3n) is 3.44. The molecule has 134 valence electrons. The fraction of sp³-hybridized carbons (Fsp3) is 0.167. The van der Waals surface area contributed by atoms with E-state index in [4.69, 9.17) is 4.74 Å². The van der Waals surface area contributed by atoms with Gasteiger partial charge in [0.1, 0.15) is 5.75 Å². The molecule has 0 radical (unpaired) electrons. The van der Waals surface area contributed by atoms with Crippen molar-refractivity contribution in [3.8, 4) is 5.75 Å². The lowest BCUT2D eigenvalue weighted by atomic mass is 10.3. The van der Waals surface area contributed by atoms with Crippen LogP contribution in [-0.4, -0.2) is 28.5 Å². The summed E-state index contributed by atoms with van der Waals surface area (Å²) in [5.74, 6) is 0.656. The van der Waals surface area contributed by atoms with Gasteiger partial charge in [-0.3, -0.25) is 4.79 Å². The van der Waals surface area contributed by atoms with E-state index in [1.807, 2.05) is 61.5 Å². The number of nitrogens with one attached hydrogen (secondary N) is 2. The van der Waals surface area contributed by atoms with E-state index < -0.39 is 0 Å². The largest absolute Gasteiger partial charge is 0.495 e. The molecule has 2 aromatic carbocycles. The second-order valence-electron chi connectivity index (χ2n) is 5.31. The van der Waals surface area contributed by atoms with Gasteiger partial charge in [-0.1, -0.05) is 53.4 Å². The lowest BCUT2D eigenvalue weighted by Crippen LogP contribution is -2.22. The average molecular weight is 387 g/mol. The number of carbonyl (C=O) groups is 1. The lowest BCUT2D eigenvalue weighted by molar-refractivity contribution is -0.115. The highest BCUT2D eigenvalue weighted by Gasteiger charge is 2.17. The number of ether oxygens (including phenoxy) is 1. The molecule has 0 saturated carbocycles. The van der Waals surface area contributed by atoms with Crippen molar-refractivity contribution in [1.82, 2.24) is 10.2 Å². The Balaban J connectivity index is 1.60. The van der Waals surface area contributed by atoms with Crippen molar-refractivity contribution in [2.75, 3.05) is 17.7 Å². The molecule has 1 heterocycles. The molecule has 2 N–H and O–H groups in total. The minimum Gasteiger partial charge on any atom is -0.495 e. The van der Waals surface area contributed by atoms with Gasteiger partial charge in [-0.15, -0.1) is 10.2 Å². The summed E-state index contributed by atoms with van der Waals surface area (Å²) in [6, 6.07) is 17.0. The summed E-state index contributed by atoms with van der Waals surface area (Å²) in [5.41, 5.74) is 1.60. The van der Waals surface area contributed by atoms with E-state index in [9.17, 15) is 4.79 Å². The summed E-state index contributed by atoms with van der Waals surface area (Å²) >= 11 is 2.77. The molecule has 0 aliphatic carbocycles. The molecule has 0 spiro atoms. The Morgan fingerprint density at radius 3 is 2.62 bits per heavy atom. The summed E-state index contributed by atoms with van der Waals surface area (Å²) in [6.07, 6.45) is 0. The molecule has 1 aromatic heterocycles. The van der Waals surface area contributed by atoms with Gasteiger partial charge in [0.2, 0.25) is 11.0 Å². The molecule has 26 heavy (non-hydrogen) atoms. The Bertz CT molecular complexity index is 870. The molecule has 3 rings (SSSR count). The third kappa shape index (κ3) is 4.74. The van der Waals surface area contributed by atoms with Crippen molar-refractivity contribution < 1.29 is 9.53 Å². The smallest absolute Gasteiger partial charge is 0.237 e. The van der Waals surface area contributed by atoms with Gasteiger partial charge < -0.3 is 15.4 Å². The number of anilines is 3. The molecule has 0 unspecified atom stereocenters. The number of benzene rings is 2. The Hall–Kier alpha value is -2.58. The molecular weight excluding hydrogens is 368 g/mol. The van der Waals surface area contributed by atoms with Crippen LogP contribution in [0.3, 0.4) is 0 Å². The number of hydrogen-bond donors (Lipinski definition) is 2. The van der Waals surface area contributed by atoms with E-state index in [0.717, 1.165) is 21.5 Å². The Morgan fingerprint density at radius 1 is 1.12 bits per heavy atom. The first-order chi connectivity index (χ1) is 12.7. The SMILES string of the molecule is COc1ccccc1Nc1nnc(S[C@H](C)C(=O)Nc2ccccc2)s1. The van der Waals surface area contributed by atoms with Crippen molar-refractivity contribution in [3.05, 3.63) is 54.6 Å². The van der Waals surface area contributed by atoms with Crippen LogP contribution >= 0.6 is 23.1 Å². The Morgan fingerprint density at radius 2 is 1.85 bits per heavy atom. The maximum absolute atomic E-state index is 12.3. The second-order valence-corrected chi connectivity index (χ2v) is 7.88. The van der Waals surface area contributed by atoms with Gasteiger partial charge in [-0.2, -0.15) is 0 Å². The van der Waals surface area contributed by atoms with E-state index in [2.05, 4.69) is 20.8 Å². The number of rotatable bonds is 7. The van der Waals surface area contributed by atoms with E-state index in [0.29, 0.717) is 5.13 Å². The van der Waals surface area contributed by atoms with Crippen molar-refractivity contribution in [2.45, 2.75) is 16.5 Å².